The van der Waals surface area contributed by atoms with Crippen molar-refractivity contribution >= 4 is 5.91 Å². The lowest BCUT2D eigenvalue weighted by Crippen LogP contribution is -2.40. The van der Waals surface area contributed by atoms with Crippen LogP contribution in [-0.4, -0.2) is 35.6 Å². The highest BCUT2D eigenvalue weighted by atomic mass is 16.5. The van der Waals surface area contributed by atoms with Crippen LogP contribution in [0.1, 0.15) is 42.1 Å². The monoisotopic (exact) mass is 367 g/mol. The minimum Gasteiger partial charge on any atom is -0.493 e. The van der Waals surface area contributed by atoms with Crippen LogP contribution in [0.25, 0.3) is 0 Å². The number of hydrogen-bond donors (Lipinski definition) is 1. The average molecular weight is 367 g/mol. The first kappa shape index (κ1) is 19.4. The fraction of sp³-hybridized carbons (Fsp3) is 0.435. The van der Waals surface area contributed by atoms with Gasteiger partial charge in [-0.25, -0.2) is 0 Å². The molecule has 1 fully saturated rings. The lowest BCUT2D eigenvalue weighted by Gasteiger charge is -2.34. The third kappa shape index (κ3) is 5.10. The summed E-state index contributed by atoms with van der Waals surface area (Å²) in [6.45, 7) is 5.93. The van der Waals surface area contributed by atoms with Crippen molar-refractivity contribution in [3.63, 3.8) is 0 Å². The zero-order valence-electron chi connectivity index (χ0n) is 16.2. The molecule has 1 atom stereocenters. The largest absolute Gasteiger partial charge is 0.493 e. The summed E-state index contributed by atoms with van der Waals surface area (Å²) < 4.78 is 5.73. The van der Waals surface area contributed by atoms with E-state index < -0.39 is 6.10 Å². The molecular weight excluding hydrogens is 338 g/mol. The van der Waals surface area contributed by atoms with Crippen LogP contribution in [0.5, 0.6) is 5.75 Å². The first-order chi connectivity index (χ1) is 13.0. The molecule has 0 aromatic heterocycles. The number of amides is 1. The molecular formula is C23H29NO3. The molecule has 2 aromatic carbocycles. The normalized spacial score (nSPS) is 16.2. The van der Waals surface area contributed by atoms with E-state index in [1.807, 2.05) is 53.4 Å². The van der Waals surface area contributed by atoms with Crippen LogP contribution in [0.3, 0.4) is 0 Å². The van der Waals surface area contributed by atoms with Gasteiger partial charge in [0, 0.05) is 13.1 Å². The van der Waals surface area contributed by atoms with E-state index >= 15 is 0 Å². The van der Waals surface area contributed by atoms with E-state index in [4.69, 9.17) is 4.74 Å². The van der Waals surface area contributed by atoms with Crippen molar-refractivity contribution in [2.75, 3.05) is 19.7 Å². The predicted octanol–water partition coefficient (Wildman–Crippen LogP) is 4.04. The molecule has 0 saturated carbocycles. The highest BCUT2D eigenvalue weighted by molar-refractivity contribution is 5.76. The van der Waals surface area contributed by atoms with Gasteiger partial charge in [-0.05, 0) is 61.4 Å². The second-order valence-corrected chi connectivity index (χ2v) is 7.42. The number of nitrogens with zero attached hydrogens (tertiary/aromatic N) is 1. The Morgan fingerprint density at radius 3 is 2.48 bits per heavy atom. The lowest BCUT2D eigenvalue weighted by atomic mass is 9.87. The fourth-order valence-corrected chi connectivity index (χ4v) is 3.60. The molecule has 1 heterocycles. The number of rotatable bonds is 6. The van der Waals surface area contributed by atoms with Crippen molar-refractivity contribution in [2.24, 2.45) is 5.92 Å². The lowest BCUT2D eigenvalue weighted by molar-refractivity contribution is -0.133. The minimum absolute atomic E-state index is 0.131. The van der Waals surface area contributed by atoms with Crippen molar-refractivity contribution in [1.82, 2.24) is 4.90 Å². The second-order valence-electron chi connectivity index (χ2n) is 7.42. The van der Waals surface area contributed by atoms with Crippen molar-refractivity contribution in [2.45, 2.75) is 39.2 Å². The third-order valence-corrected chi connectivity index (χ3v) is 5.54. The number of piperidine rings is 1. The van der Waals surface area contributed by atoms with Crippen LogP contribution in [0.4, 0.5) is 0 Å². The predicted molar refractivity (Wildman–Crippen MR) is 107 cm³/mol. The summed E-state index contributed by atoms with van der Waals surface area (Å²) in [6, 6.07) is 15.8. The zero-order chi connectivity index (χ0) is 19.2. The molecule has 1 aliphatic heterocycles. The maximum Gasteiger partial charge on any atom is 0.225 e. The van der Waals surface area contributed by atoms with E-state index in [0.717, 1.165) is 24.2 Å². The van der Waals surface area contributed by atoms with E-state index in [1.54, 1.807) is 0 Å². The van der Waals surface area contributed by atoms with Crippen LogP contribution in [-0.2, 0) is 4.79 Å². The Bertz CT molecular complexity index is 751. The van der Waals surface area contributed by atoms with Gasteiger partial charge in [-0.3, -0.25) is 4.79 Å². The summed E-state index contributed by atoms with van der Waals surface area (Å²) >= 11 is 0. The molecule has 2 aromatic rings. The molecule has 1 aliphatic rings. The van der Waals surface area contributed by atoms with Gasteiger partial charge in [-0.15, -0.1) is 0 Å². The van der Waals surface area contributed by atoms with Gasteiger partial charge < -0.3 is 14.7 Å². The highest BCUT2D eigenvalue weighted by Gasteiger charge is 2.28. The quantitative estimate of drug-likeness (QED) is 0.838. The van der Waals surface area contributed by atoms with Crippen molar-refractivity contribution in [3.8, 4) is 5.75 Å². The first-order valence-corrected chi connectivity index (χ1v) is 9.75. The summed E-state index contributed by atoms with van der Waals surface area (Å²) in [4.78, 5) is 14.3. The molecule has 0 aliphatic carbocycles. The van der Waals surface area contributed by atoms with Crippen molar-refractivity contribution in [3.05, 3.63) is 65.2 Å². The number of aliphatic hydroxyl groups is 1. The Balaban J connectivity index is 1.42. The Morgan fingerprint density at radius 1 is 1.11 bits per heavy atom. The van der Waals surface area contributed by atoms with Crippen LogP contribution >= 0.6 is 0 Å². The number of aliphatic hydroxyl groups excluding tert-OH is 1. The molecule has 1 amide bonds. The van der Waals surface area contributed by atoms with Gasteiger partial charge in [0.15, 0.2) is 0 Å². The smallest absolute Gasteiger partial charge is 0.225 e. The van der Waals surface area contributed by atoms with E-state index in [2.05, 4.69) is 13.8 Å². The molecule has 0 spiro atoms. The van der Waals surface area contributed by atoms with Crippen molar-refractivity contribution in [1.29, 1.82) is 0 Å². The van der Waals surface area contributed by atoms with Gasteiger partial charge in [0.05, 0.1) is 19.1 Å². The topological polar surface area (TPSA) is 49.8 Å². The molecule has 0 radical (unpaired) electrons. The summed E-state index contributed by atoms with van der Waals surface area (Å²) in [5.41, 5.74) is 3.39. The molecule has 27 heavy (non-hydrogen) atoms. The minimum atomic E-state index is -0.448. The second kappa shape index (κ2) is 9.05. The molecule has 1 N–H and O–H groups in total. The highest BCUT2D eigenvalue weighted by Crippen LogP contribution is 2.30. The number of ether oxygens (including phenoxy) is 1. The van der Waals surface area contributed by atoms with Crippen LogP contribution in [0, 0.1) is 19.8 Å². The van der Waals surface area contributed by atoms with Gasteiger partial charge in [0.2, 0.25) is 5.91 Å². The van der Waals surface area contributed by atoms with Gasteiger partial charge >= 0.3 is 0 Å². The zero-order valence-corrected chi connectivity index (χ0v) is 16.2. The van der Waals surface area contributed by atoms with Gasteiger partial charge in [0.25, 0.3) is 0 Å². The number of likely N-dealkylation sites (tertiary alicyclic amines) is 1. The third-order valence-electron chi connectivity index (χ3n) is 5.54. The van der Waals surface area contributed by atoms with E-state index in [1.165, 1.54) is 11.1 Å². The molecule has 3 rings (SSSR count). The van der Waals surface area contributed by atoms with Crippen LogP contribution < -0.4 is 4.74 Å². The fourth-order valence-electron chi connectivity index (χ4n) is 3.60. The standard InChI is InChI=1S/C23H29NO3/c1-17-8-9-21(16-18(17)2)27-15-12-22(25)24-13-10-20(11-14-24)23(26)19-6-4-3-5-7-19/h3-9,16,20,23,26H,10-15H2,1-2H3. The number of carbonyl (C=O) groups is 1. The van der Waals surface area contributed by atoms with Gasteiger partial charge in [0.1, 0.15) is 5.75 Å². The first-order valence-electron chi connectivity index (χ1n) is 9.75. The number of hydrogen-bond acceptors (Lipinski definition) is 3. The Hall–Kier alpha value is -2.33. The molecule has 4 heteroatoms. The van der Waals surface area contributed by atoms with E-state index in [0.29, 0.717) is 26.1 Å². The van der Waals surface area contributed by atoms with Gasteiger partial charge in [-0.2, -0.15) is 0 Å². The maximum atomic E-state index is 12.4. The van der Waals surface area contributed by atoms with Crippen LogP contribution in [0.15, 0.2) is 48.5 Å². The molecule has 4 nitrogen and oxygen atoms in total. The van der Waals surface area contributed by atoms with Crippen LogP contribution in [0.2, 0.25) is 0 Å². The Kier molecular flexibility index (Phi) is 6.51. The summed E-state index contributed by atoms with van der Waals surface area (Å²) in [5.74, 6) is 1.16. The summed E-state index contributed by atoms with van der Waals surface area (Å²) in [5, 5.41) is 10.6. The molecule has 1 unspecified atom stereocenters. The molecule has 144 valence electrons. The average Bonchev–Trinajstić information content (AvgIpc) is 2.71. The molecule has 1 saturated heterocycles. The van der Waals surface area contributed by atoms with E-state index in [9.17, 15) is 9.90 Å². The number of carbonyl (C=O) groups excluding carboxylic acids is 1. The summed E-state index contributed by atoms with van der Waals surface area (Å²) in [7, 11) is 0. The number of aryl methyl sites for hydroxylation is 2. The number of benzene rings is 2. The molecule has 0 bridgehead atoms. The van der Waals surface area contributed by atoms with Crippen molar-refractivity contribution < 1.29 is 14.6 Å². The Morgan fingerprint density at radius 2 is 1.81 bits per heavy atom. The SMILES string of the molecule is Cc1ccc(OCCC(=O)N2CCC(C(O)c3ccccc3)CC2)cc1C. The maximum absolute atomic E-state index is 12.4. The summed E-state index contributed by atoms with van der Waals surface area (Å²) in [6.07, 6.45) is 1.61. The Labute approximate surface area is 161 Å². The van der Waals surface area contributed by atoms with E-state index in [-0.39, 0.29) is 11.8 Å². The van der Waals surface area contributed by atoms with Gasteiger partial charge in [-0.1, -0.05) is 36.4 Å².